The lowest BCUT2D eigenvalue weighted by Crippen LogP contribution is -2.31. The van der Waals surface area contributed by atoms with E-state index in [2.05, 4.69) is 15.5 Å². The van der Waals surface area contributed by atoms with E-state index in [0.717, 1.165) is 11.3 Å². The van der Waals surface area contributed by atoms with Crippen LogP contribution in [-0.4, -0.2) is 32.0 Å². The molecule has 1 heterocycles. The Kier molecular flexibility index (Phi) is 4.14. The fraction of sp³-hybridized carbons (Fsp3) is 0.357. The summed E-state index contributed by atoms with van der Waals surface area (Å²) in [4.78, 5) is 13.4. The number of hydrogen-bond acceptors (Lipinski definition) is 4. The summed E-state index contributed by atoms with van der Waals surface area (Å²) in [5.74, 6) is -0.331. The van der Waals surface area contributed by atoms with Gasteiger partial charge in [-0.05, 0) is 32.9 Å². The summed E-state index contributed by atoms with van der Waals surface area (Å²) in [5, 5.41) is 20.4. The van der Waals surface area contributed by atoms with E-state index < -0.39 is 0 Å². The van der Waals surface area contributed by atoms with Gasteiger partial charge in [-0.25, -0.2) is 0 Å². The molecule has 2 aromatic rings. The molecule has 0 unspecified atom stereocenters. The molecule has 0 bridgehead atoms. The zero-order valence-corrected chi connectivity index (χ0v) is 11.8. The van der Waals surface area contributed by atoms with E-state index in [0.29, 0.717) is 0 Å². The van der Waals surface area contributed by atoms with Crippen molar-refractivity contribution in [3.8, 4) is 5.69 Å². The lowest BCUT2D eigenvalue weighted by Gasteiger charge is -2.06. The monoisotopic (exact) mass is 274 g/mol. The van der Waals surface area contributed by atoms with Crippen molar-refractivity contribution in [2.24, 2.45) is 0 Å². The van der Waals surface area contributed by atoms with Crippen molar-refractivity contribution in [2.45, 2.75) is 33.4 Å². The fourth-order valence-electron chi connectivity index (χ4n) is 1.74. The number of nitrogens with zero attached hydrogens (tertiary/aromatic N) is 3. The van der Waals surface area contributed by atoms with Gasteiger partial charge in [-0.15, -0.1) is 10.2 Å². The topological polar surface area (TPSA) is 80.0 Å². The molecular formula is C14H18N4O2. The van der Waals surface area contributed by atoms with E-state index in [9.17, 15) is 9.90 Å². The first-order valence-electron chi connectivity index (χ1n) is 6.46. The van der Waals surface area contributed by atoms with Gasteiger partial charge in [0, 0.05) is 6.04 Å². The summed E-state index contributed by atoms with van der Waals surface area (Å²) in [6.45, 7) is 5.38. The number of aryl methyl sites for hydroxylation is 1. The highest BCUT2D eigenvalue weighted by molar-refractivity contribution is 5.93. The summed E-state index contributed by atoms with van der Waals surface area (Å²) >= 11 is 0. The predicted molar refractivity (Wildman–Crippen MR) is 74.6 cm³/mol. The Morgan fingerprint density at radius 3 is 2.50 bits per heavy atom. The Morgan fingerprint density at radius 1 is 1.30 bits per heavy atom. The van der Waals surface area contributed by atoms with Crippen LogP contribution in [0.1, 0.15) is 35.6 Å². The Hall–Kier alpha value is -2.21. The van der Waals surface area contributed by atoms with E-state index in [4.69, 9.17) is 0 Å². The lowest BCUT2D eigenvalue weighted by atomic mass is 10.2. The van der Waals surface area contributed by atoms with Gasteiger partial charge in [0.1, 0.15) is 5.69 Å². The van der Waals surface area contributed by atoms with E-state index >= 15 is 0 Å². The van der Waals surface area contributed by atoms with Gasteiger partial charge in [0.15, 0.2) is 5.69 Å². The van der Waals surface area contributed by atoms with Crippen molar-refractivity contribution in [1.82, 2.24) is 20.3 Å². The number of benzene rings is 1. The molecule has 0 saturated heterocycles. The van der Waals surface area contributed by atoms with E-state index in [1.807, 2.05) is 45.0 Å². The third-order valence-corrected chi connectivity index (χ3v) is 2.73. The van der Waals surface area contributed by atoms with Crippen LogP contribution >= 0.6 is 0 Å². The minimum Gasteiger partial charge on any atom is -0.390 e. The Labute approximate surface area is 117 Å². The van der Waals surface area contributed by atoms with Crippen LogP contribution in [0.15, 0.2) is 24.3 Å². The average Bonchev–Trinajstić information content (AvgIpc) is 2.83. The van der Waals surface area contributed by atoms with Crippen LogP contribution in [0.4, 0.5) is 0 Å². The van der Waals surface area contributed by atoms with Crippen LogP contribution in [0.25, 0.3) is 5.69 Å². The Balaban J connectivity index is 2.35. The number of rotatable bonds is 4. The van der Waals surface area contributed by atoms with Crippen molar-refractivity contribution in [2.75, 3.05) is 0 Å². The minimum atomic E-state index is -0.331. The van der Waals surface area contributed by atoms with Gasteiger partial charge in [0.05, 0.1) is 12.3 Å². The molecule has 0 atom stereocenters. The number of aliphatic hydroxyl groups is 1. The number of hydrogen-bond donors (Lipinski definition) is 2. The zero-order valence-electron chi connectivity index (χ0n) is 11.8. The molecule has 0 spiro atoms. The highest BCUT2D eigenvalue weighted by atomic mass is 16.3. The predicted octanol–water partition coefficient (Wildman–Crippen LogP) is 1.21. The molecular weight excluding hydrogens is 256 g/mol. The second-order valence-corrected chi connectivity index (χ2v) is 4.91. The van der Waals surface area contributed by atoms with Gasteiger partial charge >= 0.3 is 0 Å². The molecule has 6 heteroatoms. The number of nitrogens with one attached hydrogen (secondary N) is 1. The molecule has 0 fully saturated rings. The third kappa shape index (κ3) is 3.03. The van der Waals surface area contributed by atoms with E-state index in [1.165, 1.54) is 4.80 Å². The van der Waals surface area contributed by atoms with Crippen molar-refractivity contribution in [1.29, 1.82) is 0 Å². The van der Waals surface area contributed by atoms with Crippen molar-refractivity contribution >= 4 is 5.91 Å². The van der Waals surface area contributed by atoms with Crippen molar-refractivity contribution < 1.29 is 9.90 Å². The van der Waals surface area contributed by atoms with Crippen LogP contribution in [0, 0.1) is 6.92 Å². The van der Waals surface area contributed by atoms with Crippen LogP contribution in [0.5, 0.6) is 0 Å². The number of carbonyl (C=O) groups is 1. The van der Waals surface area contributed by atoms with Gasteiger partial charge in [-0.3, -0.25) is 4.79 Å². The number of amides is 1. The fourth-order valence-corrected chi connectivity index (χ4v) is 1.74. The van der Waals surface area contributed by atoms with Gasteiger partial charge in [-0.1, -0.05) is 17.7 Å². The summed E-state index contributed by atoms with van der Waals surface area (Å²) < 4.78 is 0. The van der Waals surface area contributed by atoms with Gasteiger partial charge in [0.2, 0.25) is 0 Å². The molecule has 2 rings (SSSR count). The Bertz CT molecular complexity index is 602. The van der Waals surface area contributed by atoms with Crippen LogP contribution in [-0.2, 0) is 6.61 Å². The first kappa shape index (κ1) is 14.2. The maximum Gasteiger partial charge on any atom is 0.274 e. The zero-order chi connectivity index (χ0) is 14.7. The lowest BCUT2D eigenvalue weighted by molar-refractivity contribution is 0.0934. The van der Waals surface area contributed by atoms with Crippen molar-refractivity contribution in [3.63, 3.8) is 0 Å². The normalized spacial score (nSPS) is 10.8. The highest BCUT2D eigenvalue weighted by Gasteiger charge is 2.19. The minimum absolute atomic E-state index is 0.00133. The number of aromatic nitrogens is 3. The molecule has 0 aliphatic heterocycles. The number of carbonyl (C=O) groups excluding carboxylic acids is 1. The smallest absolute Gasteiger partial charge is 0.274 e. The molecule has 106 valence electrons. The standard InChI is InChI=1S/C14H18N4O2/c1-9(2)15-14(20)13-12(8-19)16-18(17-13)11-6-4-10(3)5-7-11/h4-7,9,19H,8H2,1-3H3,(H,15,20). The van der Waals surface area contributed by atoms with Crippen molar-refractivity contribution in [3.05, 3.63) is 41.2 Å². The highest BCUT2D eigenvalue weighted by Crippen LogP contribution is 2.10. The molecule has 2 N–H and O–H groups in total. The van der Waals surface area contributed by atoms with Gasteiger partial charge in [-0.2, -0.15) is 4.80 Å². The van der Waals surface area contributed by atoms with E-state index in [1.54, 1.807) is 0 Å². The average molecular weight is 274 g/mol. The summed E-state index contributed by atoms with van der Waals surface area (Å²) in [6.07, 6.45) is 0. The third-order valence-electron chi connectivity index (χ3n) is 2.73. The molecule has 0 aliphatic rings. The maximum atomic E-state index is 12.0. The summed E-state index contributed by atoms with van der Waals surface area (Å²) in [7, 11) is 0. The van der Waals surface area contributed by atoms with Gasteiger partial charge in [0.25, 0.3) is 5.91 Å². The second kappa shape index (κ2) is 5.83. The SMILES string of the molecule is Cc1ccc(-n2nc(CO)c(C(=O)NC(C)C)n2)cc1. The maximum absolute atomic E-state index is 12.0. The second-order valence-electron chi connectivity index (χ2n) is 4.91. The van der Waals surface area contributed by atoms with Crippen LogP contribution in [0.2, 0.25) is 0 Å². The molecule has 0 aliphatic carbocycles. The quantitative estimate of drug-likeness (QED) is 0.878. The molecule has 0 saturated carbocycles. The molecule has 1 aromatic carbocycles. The summed E-state index contributed by atoms with van der Waals surface area (Å²) in [6, 6.07) is 7.59. The first-order valence-corrected chi connectivity index (χ1v) is 6.46. The molecule has 0 radical (unpaired) electrons. The largest absolute Gasteiger partial charge is 0.390 e. The number of aliphatic hydroxyl groups excluding tert-OH is 1. The molecule has 1 aromatic heterocycles. The molecule has 1 amide bonds. The molecule has 6 nitrogen and oxygen atoms in total. The Morgan fingerprint density at radius 2 is 1.95 bits per heavy atom. The van der Waals surface area contributed by atoms with E-state index in [-0.39, 0.29) is 29.9 Å². The van der Waals surface area contributed by atoms with Crippen LogP contribution in [0.3, 0.4) is 0 Å². The molecule has 20 heavy (non-hydrogen) atoms. The van der Waals surface area contributed by atoms with Crippen LogP contribution < -0.4 is 5.32 Å². The summed E-state index contributed by atoms with van der Waals surface area (Å²) in [5.41, 5.74) is 2.29. The first-order chi connectivity index (χ1) is 9.51. The van der Waals surface area contributed by atoms with Gasteiger partial charge < -0.3 is 10.4 Å².